The first-order chi connectivity index (χ1) is 6.11. The minimum atomic E-state index is 0.767. The Hall–Kier alpha value is -0.540. The van der Waals surface area contributed by atoms with Gasteiger partial charge in [-0.25, -0.2) is 0 Å². The molecule has 2 aromatic rings. The number of hydrogen-bond acceptors (Lipinski definition) is 1. The van der Waals surface area contributed by atoms with Crippen LogP contribution in [0.15, 0.2) is 16.7 Å². The van der Waals surface area contributed by atoms with Crippen molar-refractivity contribution in [2.75, 3.05) is 0 Å². The van der Waals surface area contributed by atoms with Crippen LogP contribution in [-0.4, -0.2) is 9.78 Å². The third kappa shape index (κ3) is 1.27. The number of fused-ring (bicyclic) bond motifs is 1. The van der Waals surface area contributed by atoms with E-state index in [2.05, 4.69) is 21.0 Å². The molecule has 0 bridgehead atoms. The molecule has 0 amide bonds. The number of hydrogen-bond donors (Lipinski definition) is 0. The largest absolute Gasteiger partial charge is 0.268 e. The van der Waals surface area contributed by atoms with E-state index in [4.69, 9.17) is 11.6 Å². The van der Waals surface area contributed by atoms with Gasteiger partial charge in [0.1, 0.15) is 0 Å². The van der Waals surface area contributed by atoms with Crippen LogP contribution in [0.4, 0.5) is 0 Å². The molecule has 0 aliphatic carbocycles. The summed E-state index contributed by atoms with van der Waals surface area (Å²) < 4.78 is 2.84. The van der Waals surface area contributed by atoms with Gasteiger partial charge < -0.3 is 0 Å². The van der Waals surface area contributed by atoms with Gasteiger partial charge in [0.05, 0.1) is 11.7 Å². The molecule has 0 spiro atoms. The monoisotopic (exact) mass is 258 g/mol. The van der Waals surface area contributed by atoms with Gasteiger partial charge in [0.15, 0.2) is 0 Å². The summed E-state index contributed by atoms with van der Waals surface area (Å²) in [6, 6.07) is 1.93. The molecule has 1 aromatic carbocycles. The first kappa shape index (κ1) is 9.03. The summed E-state index contributed by atoms with van der Waals surface area (Å²) in [4.78, 5) is 0. The quantitative estimate of drug-likeness (QED) is 0.710. The lowest BCUT2D eigenvalue weighted by atomic mass is 10.2. The fourth-order valence-electron chi connectivity index (χ4n) is 1.32. The van der Waals surface area contributed by atoms with E-state index in [9.17, 15) is 0 Å². The molecule has 0 N–H and O–H groups in total. The lowest BCUT2D eigenvalue weighted by Gasteiger charge is -2.03. The number of halogens is 2. The second-order valence-electron chi connectivity index (χ2n) is 3.00. The Morgan fingerprint density at radius 3 is 2.92 bits per heavy atom. The molecule has 4 heteroatoms. The van der Waals surface area contributed by atoms with E-state index in [1.807, 2.05) is 30.9 Å². The first-order valence-corrected chi connectivity index (χ1v) is 5.04. The molecule has 1 aromatic heterocycles. The number of aryl methyl sites for hydroxylation is 1. The maximum absolute atomic E-state index is 6.05. The smallest absolute Gasteiger partial charge is 0.0705 e. The van der Waals surface area contributed by atoms with E-state index in [0.29, 0.717) is 0 Å². The number of aromatic nitrogens is 2. The highest BCUT2D eigenvalue weighted by Crippen LogP contribution is 2.32. The van der Waals surface area contributed by atoms with Crippen LogP contribution in [-0.2, 0) is 7.05 Å². The Morgan fingerprint density at radius 2 is 2.23 bits per heavy atom. The lowest BCUT2D eigenvalue weighted by molar-refractivity contribution is 0.797. The van der Waals surface area contributed by atoms with E-state index in [0.717, 1.165) is 26.0 Å². The average molecular weight is 260 g/mol. The average Bonchev–Trinajstić information content (AvgIpc) is 2.45. The minimum absolute atomic E-state index is 0.767. The van der Waals surface area contributed by atoms with Crippen molar-refractivity contribution >= 4 is 38.4 Å². The van der Waals surface area contributed by atoms with Crippen LogP contribution in [0.3, 0.4) is 0 Å². The molecule has 1 heterocycles. The first-order valence-electron chi connectivity index (χ1n) is 3.87. The predicted octanol–water partition coefficient (Wildman–Crippen LogP) is 3.30. The Bertz CT molecular complexity index is 476. The number of nitrogens with zero attached hydrogens (tertiary/aromatic N) is 2. The SMILES string of the molecule is Cc1c(Cl)cc2c(cnn2C)c1Br. The fourth-order valence-corrected chi connectivity index (χ4v) is 2.15. The predicted molar refractivity (Wildman–Crippen MR) is 58.2 cm³/mol. The van der Waals surface area contributed by atoms with Gasteiger partial charge in [-0.1, -0.05) is 11.6 Å². The summed E-state index contributed by atoms with van der Waals surface area (Å²) in [6.07, 6.45) is 1.84. The Labute approximate surface area is 89.6 Å². The summed E-state index contributed by atoms with van der Waals surface area (Å²) in [6.45, 7) is 1.98. The van der Waals surface area contributed by atoms with Gasteiger partial charge in [0.2, 0.25) is 0 Å². The molecule has 0 unspecified atom stereocenters. The molecule has 0 atom stereocenters. The fraction of sp³-hybridized carbons (Fsp3) is 0.222. The van der Waals surface area contributed by atoms with Crippen molar-refractivity contribution < 1.29 is 0 Å². The molecular formula is C9H8BrClN2. The summed E-state index contributed by atoms with van der Waals surface area (Å²) in [5.74, 6) is 0. The van der Waals surface area contributed by atoms with E-state index < -0.39 is 0 Å². The lowest BCUT2D eigenvalue weighted by Crippen LogP contribution is -1.89. The van der Waals surface area contributed by atoms with Crippen molar-refractivity contribution in [3.63, 3.8) is 0 Å². The van der Waals surface area contributed by atoms with E-state index in [-0.39, 0.29) is 0 Å². The van der Waals surface area contributed by atoms with Gasteiger partial charge in [-0.05, 0) is 34.5 Å². The van der Waals surface area contributed by atoms with Crippen LogP contribution >= 0.6 is 27.5 Å². The van der Waals surface area contributed by atoms with Crippen LogP contribution < -0.4 is 0 Å². The van der Waals surface area contributed by atoms with Crippen molar-refractivity contribution in [1.29, 1.82) is 0 Å². The van der Waals surface area contributed by atoms with Gasteiger partial charge >= 0.3 is 0 Å². The second kappa shape index (κ2) is 3.00. The van der Waals surface area contributed by atoms with Gasteiger partial charge in [0, 0.05) is 21.9 Å². The van der Waals surface area contributed by atoms with Crippen molar-refractivity contribution in [2.45, 2.75) is 6.92 Å². The number of rotatable bonds is 0. The maximum atomic E-state index is 6.05. The van der Waals surface area contributed by atoms with Crippen molar-refractivity contribution in [2.24, 2.45) is 7.05 Å². The Kier molecular flexibility index (Phi) is 2.08. The Morgan fingerprint density at radius 1 is 1.54 bits per heavy atom. The van der Waals surface area contributed by atoms with Crippen molar-refractivity contribution in [3.8, 4) is 0 Å². The van der Waals surface area contributed by atoms with E-state index >= 15 is 0 Å². The third-order valence-electron chi connectivity index (χ3n) is 2.17. The molecule has 2 rings (SSSR count). The zero-order valence-corrected chi connectivity index (χ0v) is 9.65. The second-order valence-corrected chi connectivity index (χ2v) is 4.20. The molecule has 0 fully saturated rings. The highest BCUT2D eigenvalue weighted by Gasteiger charge is 2.09. The molecule has 0 aliphatic heterocycles. The van der Waals surface area contributed by atoms with E-state index in [1.165, 1.54) is 0 Å². The summed E-state index contributed by atoms with van der Waals surface area (Å²) in [5.41, 5.74) is 2.10. The molecule has 2 nitrogen and oxygen atoms in total. The molecule has 68 valence electrons. The minimum Gasteiger partial charge on any atom is -0.268 e. The van der Waals surface area contributed by atoms with Crippen LogP contribution in [0.5, 0.6) is 0 Å². The van der Waals surface area contributed by atoms with Crippen LogP contribution in [0, 0.1) is 6.92 Å². The topological polar surface area (TPSA) is 17.8 Å². The molecule has 0 saturated heterocycles. The van der Waals surface area contributed by atoms with E-state index in [1.54, 1.807) is 0 Å². The number of benzene rings is 1. The van der Waals surface area contributed by atoms with Gasteiger partial charge in [-0.3, -0.25) is 4.68 Å². The normalized spacial score (nSPS) is 11.1. The highest BCUT2D eigenvalue weighted by atomic mass is 79.9. The maximum Gasteiger partial charge on any atom is 0.0705 e. The molecule has 0 saturated carbocycles. The molecule has 0 aliphatic rings. The van der Waals surface area contributed by atoms with Crippen LogP contribution in [0.1, 0.15) is 5.56 Å². The highest BCUT2D eigenvalue weighted by molar-refractivity contribution is 9.10. The zero-order valence-electron chi connectivity index (χ0n) is 7.31. The standard InChI is InChI=1S/C9H8BrClN2/c1-5-7(11)3-8-6(9(5)10)4-12-13(8)2/h3-4H,1-2H3. The molecule has 0 radical (unpaired) electrons. The summed E-state index contributed by atoms with van der Waals surface area (Å²) >= 11 is 9.56. The zero-order chi connectivity index (χ0) is 9.59. The van der Waals surface area contributed by atoms with Crippen molar-refractivity contribution in [3.05, 3.63) is 27.3 Å². The van der Waals surface area contributed by atoms with Gasteiger partial charge in [-0.2, -0.15) is 5.10 Å². The molecular weight excluding hydrogens is 251 g/mol. The summed E-state index contributed by atoms with van der Waals surface area (Å²) in [5, 5.41) is 6.03. The molecule has 13 heavy (non-hydrogen) atoms. The summed E-state index contributed by atoms with van der Waals surface area (Å²) in [7, 11) is 1.90. The van der Waals surface area contributed by atoms with Gasteiger partial charge in [-0.15, -0.1) is 0 Å². The Balaban J connectivity index is 2.96. The van der Waals surface area contributed by atoms with Crippen LogP contribution in [0.25, 0.3) is 10.9 Å². The van der Waals surface area contributed by atoms with Gasteiger partial charge in [0.25, 0.3) is 0 Å². The van der Waals surface area contributed by atoms with Crippen LogP contribution in [0.2, 0.25) is 5.02 Å². The van der Waals surface area contributed by atoms with Crippen molar-refractivity contribution in [1.82, 2.24) is 9.78 Å². The third-order valence-corrected chi connectivity index (χ3v) is 3.59.